The van der Waals surface area contributed by atoms with Gasteiger partial charge in [-0.1, -0.05) is 258 Å². The van der Waals surface area contributed by atoms with Crippen molar-refractivity contribution in [2.75, 3.05) is 0 Å². The molecule has 0 aliphatic carbocycles. The second kappa shape index (κ2) is 86.7. The van der Waals surface area contributed by atoms with Crippen molar-refractivity contribution >= 4 is 0 Å². The molecule has 0 spiro atoms. The highest BCUT2D eigenvalue weighted by molar-refractivity contribution is 5.24. The summed E-state index contributed by atoms with van der Waals surface area (Å²) in [6.07, 6.45) is 16.4. The maximum absolute atomic E-state index is 4.17. The smallest absolute Gasteiger partial charge is 0.125 e. The van der Waals surface area contributed by atoms with Crippen LogP contribution in [0.15, 0.2) is 189 Å². The van der Waals surface area contributed by atoms with Crippen LogP contribution in [0.1, 0.15) is 251 Å². The van der Waals surface area contributed by atoms with E-state index < -0.39 is 0 Å². The van der Waals surface area contributed by atoms with Gasteiger partial charge in [0.1, 0.15) is 5.82 Å². The van der Waals surface area contributed by atoms with Crippen molar-refractivity contribution in [3.05, 3.63) is 302 Å². The molecule has 9 heteroatoms. The topological polar surface area (TPSA) is 116 Å². The highest BCUT2D eigenvalue weighted by atomic mass is 14.8. The van der Waals surface area contributed by atoms with Gasteiger partial charge in [0.05, 0.1) is 11.4 Å². The minimum atomic E-state index is 0.829. The fraction of sp³-hybridized carbons (Fsp3) is 0.440. The summed E-state index contributed by atoms with van der Waals surface area (Å²) in [6.45, 7) is 80.5. The quantitative estimate of drug-likeness (QED) is 0.146. The van der Waals surface area contributed by atoms with Crippen LogP contribution in [-0.2, 0) is 0 Å². The Labute approximate surface area is 620 Å². The van der Waals surface area contributed by atoms with Crippen LogP contribution in [0.4, 0.5) is 0 Å². The molecule has 7 heterocycles. The number of pyridine rings is 5. The van der Waals surface area contributed by atoms with Crippen LogP contribution in [-0.4, -0.2) is 44.9 Å². The molecule has 3 aromatic carbocycles. The van der Waals surface area contributed by atoms with Crippen LogP contribution >= 0.6 is 0 Å². The first-order chi connectivity index (χ1) is 47.9. The Morgan fingerprint density at radius 1 is 0.180 bits per heavy atom. The van der Waals surface area contributed by atoms with E-state index in [9.17, 15) is 0 Å². The number of benzene rings is 3. The van der Waals surface area contributed by atoms with Crippen molar-refractivity contribution in [1.82, 2.24) is 44.9 Å². The standard InChI is InChI=1S/3C8H10.5C7H9N.2C6H8N2.10C2H6/c1-7-3-5-8(2)6-4-7;1-7-4-3-5-8(2)6-7;1-7-5-3-4-6-8(7)2;1-6-3-7(2)5-8-4-6;1-6-3-4-8-7(2)5-6;2*1-6-3-4-7(2)8-5-6;1-6-4-3-5-7(2)8-6;1-5-3-8-6(2)4-7-5;1-5-3-7-6(2)8-4-5;10*1-2/h3*3-6H,1-2H3;5*3-5H,1-2H3;2*3-4H,1-2H3;10*1-2H3. The van der Waals surface area contributed by atoms with Crippen molar-refractivity contribution in [1.29, 1.82) is 0 Å². The van der Waals surface area contributed by atoms with E-state index >= 15 is 0 Å². The lowest BCUT2D eigenvalue weighted by Gasteiger charge is -1.93. The van der Waals surface area contributed by atoms with Gasteiger partial charge >= 0.3 is 0 Å². The van der Waals surface area contributed by atoms with Gasteiger partial charge in [0.15, 0.2) is 0 Å². The zero-order valence-corrected chi connectivity index (χ0v) is 71.9. The van der Waals surface area contributed by atoms with Gasteiger partial charge in [-0.2, -0.15) is 0 Å². The van der Waals surface area contributed by atoms with E-state index in [1.807, 2.05) is 308 Å². The first kappa shape index (κ1) is 113. The molecule has 0 atom stereocenters. The molecule has 0 amide bonds. The highest BCUT2D eigenvalue weighted by Crippen LogP contribution is 2.04. The predicted octanol–water partition coefficient (Wildman–Crippen LogP) is 27.9. The minimum Gasteiger partial charge on any atom is -0.264 e. The summed E-state index contributed by atoms with van der Waals surface area (Å²) in [5.41, 5.74) is 22.7. The van der Waals surface area contributed by atoms with Gasteiger partial charge in [0, 0.05) is 84.2 Å². The third-order valence-electron chi connectivity index (χ3n) is 10.8. The molecule has 0 saturated carbocycles. The van der Waals surface area contributed by atoms with E-state index in [0.29, 0.717) is 0 Å². The molecule has 0 fully saturated rings. The van der Waals surface area contributed by atoms with Crippen molar-refractivity contribution in [3.8, 4) is 0 Å². The maximum atomic E-state index is 4.17. The van der Waals surface area contributed by atoms with Gasteiger partial charge in [-0.25, -0.2) is 9.97 Å². The van der Waals surface area contributed by atoms with Crippen LogP contribution in [0.25, 0.3) is 0 Å². The van der Waals surface area contributed by atoms with Crippen molar-refractivity contribution in [2.24, 2.45) is 0 Å². The molecule has 0 bridgehead atoms. The van der Waals surface area contributed by atoms with Gasteiger partial charge in [0.2, 0.25) is 0 Å². The Kier molecular flexibility index (Phi) is 97.8. The number of hydrogen-bond acceptors (Lipinski definition) is 9. The molecule has 7 aromatic heterocycles. The van der Waals surface area contributed by atoms with E-state index in [2.05, 4.69) is 190 Å². The van der Waals surface area contributed by atoms with Crippen molar-refractivity contribution in [2.45, 2.75) is 277 Å². The average molecular weight is 1370 g/mol. The number of aryl methyl sites for hydroxylation is 20. The molecule has 0 unspecified atom stereocenters. The van der Waals surface area contributed by atoms with Crippen LogP contribution < -0.4 is 0 Å². The average Bonchev–Trinajstić information content (AvgIpc) is 3.84. The Hall–Kier alpha value is -8.43. The van der Waals surface area contributed by atoms with Crippen LogP contribution in [0.2, 0.25) is 0 Å². The molecule has 100 heavy (non-hydrogen) atoms. The predicted molar refractivity (Wildman–Crippen MR) is 453 cm³/mol. The first-order valence-electron chi connectivity index (χ1n) is 37.0. The molecule has 0 aliphatic rings. The van der Waals surface area contributed by atoms with Crippen LogP contribution in [0, 0.1) is 138 Å². The normalized spacial score (nSPS) is 8.00. The summed E-state index contributed by atoms with van der Waals surface area (Å²) in [6, 6.07) is 45.6. The van der Waals surface area contributed by atoms with Gasteiger partial charge < -0.3 is 0 Å². The van der Waals surface area contributed by atoms with Crippen LogP contribution in [0.3, 0.4) is 0 Å². The monoisotopic (exact) mass is 1370 g/mol. The molecule has 10 rings (SSSR count). The fourth-order valence-electron chi connectivity index (χ4n) is 6.18. The SMILES string of the molecule is CC.CC.CC.CC.CC.CC.CC.CC.CC.CC.Cc1ccc(C)cc1.Cc1ccc(C)nc1.Cc1ccc(C)nc1.Cc1cccc(C)c1.Cc1cccc(C)n1.Cc1ccccc1C.Cc1ccnc(C)c1.Cc1cnc(C)cn1.Cc1cnc(C)nc1.Cc1cncc(C)c1. The summed E-state index contributed by atoms with van der Waals surface area (Å²) in [4.78, 5) is 36.3. The number of aromatic nitrogens is 9. The van der Waals surface area contributed by atoms with Gasteiger partial charge in [-0.15, -0.1) is 0 Å². The summed E-state index contributed by atoms with van der Waals surface area (Å²) >= 11 is 0. The van der Waals surface area contributed by atoms with E-state index in [0.717, 1.165) is 51.2 Å². The largest absolute Gasteiger partial charge is 0.264 e. The zero-order valence-electron chi connectivity index (χ0n) is 71.9. The molecule has 0 aliphatic heterocycles. The Balaban J connectivity index is -0.000000109. The Morgan fingerprint density at radius 2 is 0.480 bits per heavy atom. The second-order valence-electron chi connectivity index (χ2n) is 19.9. The molecule has 10 aromatic rings. The molecule has 560 valence electrons. The van der Waals surface area contributed by atoms with Gasteiger partial charge in [0.25, 0.3) is 0 Å². The molecule has 9 nitrogen and oxygen atoms in total. The maximum Gasteiger partial charge on any atom is 0.125 e. The second-order valence-corrected chi connectivity index (χ2v) is 19.9. The molecule has 0 saturated heterocycles. The van der Waals surface area contributed by atoms with Gasteiger partial charge in [-0.3, -0.25) is 34.9 Å². The van der Waals surface area contributed by atoms with Gasteiger partial charge in [-0.05, 0) is 219 Å². The lowest BCUT2D eigenvalue weighted by atomic mass is 10.1. The number of nitrogens with zero attached hydrogens (tertiary/aromatic N) is 9. The highest BCUT2D eigenvalue weighted by Gasteiger charge is 1.88. The molecule has 0 radical (unpaired) electrons. The van der Waals surface area contributed by atoms with Crippen molar-refractivity contribution in [3.63, 3.8) is 0 Å². The molecule has 0 N–H and O–H groups in total. The summed E-state index contributed by atoms with van der Waals surface area (Å²) in [7, 11) is 0. The number of rotatable bonds is 0. The zero-order chi connectivity index (χ0) is 79.8. The third-order valence-corrected chi connectivity index (χ3v) is 10.8. The van der Waals surface area contributed by atoms with Crippen molar-refractivity contribution < 1.29 is 0 Å². The van der Waals surface area contributed by atoms with E-state index in [1.165, 1.54) is 61.2 Å². The fourth-order valence-corrected chi connectivity index (χ4v) is 6.18. The summed E-state index contributed by atoms with van der Waals surface area (Å²) in [5, 5.41) is 0. The van der Waals surface area contributed by atoms with E-state index in [1.54, 1.807) is 12.4 Å². The molecular weight excluding hydrogens is 1220 g/mol. The van der Waals surface area contributed by atoms with E-state index in [4.69, 9.17) is 0 Å². The lowest BCUT2D eigenvalue weighted by molar-refractivity contribution is 1.03. The summed E-state index contributed by atoms with van der Waals surface area (Å²) < 4.78 is 0. The first-order valence-corrected chi connectivity index (χ1v) is 37.0. The van der Waals surface area contributed by atoms with Crippen LogP contribution in [0.5, 0.6) is 0 Å². The van der Waals surface area contributed by atoms with E-state index in [-0.39, 0.29) is 0 Å². The Bertz CT molecular complexity index is 2550. The Morgan fingerprint density at radius 3 is 0.690 bits per heavy atom. The number of hydrogen-bond donors (Lipinski definition) is 0. The minimum absolute atomic E-state index is 0.829. The third kappa shape index (κ3) is 82.0. The molecular formula is C91H151N9. The lowest BCUT2D eigenvalue weighted by Crippen LogP contribution is -1.84. The summed E-state index contributed by atoms with van der Waals surface area (Å²) in [5.74, 6) is 0.829.